The van der Waals surface area contributed by atoms with Crippen molar-refractivity contribution in [3.63, 3.8) is 0 Å². The van der Waals surface area contributed by atoms with E-state index in [0.717, 1.165) is 30.1 Å². The lowest BCUT2D eigenvalue weighted by molar-refractivity contribution is 0.0489. The first kappa shape index (κ1) is 15.6. The Balaban J connectivity index is 1.73. The Morgan fingerprint density at radius 1 is 1.17 bits per heavy atom. The Labute approximate surface area is 136 Å². The van der Waals surface area contributed by atoms with E-state index in [0.29, 0.717) is 6.54 Å². The highest BCUT2D eigenvalue weighted by Crippen LogP contribution is 2.27. The molecule has 0 saturated carbocycles. The van der Waals surface area contributed by atoms with E-state index in [4.69, 9.17) is 14.2 Å². The van der Waals surface area contributed by atoms with Crippen LogP contribution in [0.1, 0.15) is 22.8 Å². The number of fused-ring (bicyclic) bond motifs is 1. The molecule has 1 aliphatic rings. The third-order valence-corrected chi connectivity index (χ3v) is 4.03. The van der Waals surface area contributed by atoms with Gasteiger partial charge in [-0.25, -0.2) is 0 Å². The number of hydrogen-bond acceptors (Lipinski definition) is 4. The van der Waals surface area contributed by atoms with Crippen LogP contribution in [0.3, 0.4) is 0 Å². The van der Waals surface area contributed by atoms with Crippen LogP contribution in [0.25, 0.3) is 0 Å². The SMILES string of the molecule is COc1ccc(C=NC[C@@H]2OCCc3ccccc32)c(OC)c1. The molecule has 0 unspecified atom stereocenters. The van der Waals surface area contributed by atoms with Crippen LogP contribution >= 0.6 is 0 Å². The molecule has 1 atom stereocenters. The van der Waals surface area contributed by atoms with Crippen LogP contribution in [0.15, 0.2) is 47.5 Å². The van der Waals surface area contributed by atoms with Gasteiger partial charge in [0.15, 0.2) is 0 Å². The van der Waals surface area contributed by atoms with Crippen molar-refractivity contribution in [2.45, 2.75) is 12.5 Å². The quantitative estimate of drug-likeness (QED) is 0.794. The summed E-state index contributed by atoms with van der Waals surface area (Å²) in [5.74, 6) is 1.52. The highest BCUT2D eigenvalue weighted by molar-refractivity contribution is 5.84. The van der Waals surface area contributed by atoms with E-state index < -0.39 is 0 Å². The molecule has 0 aliphatic carbocycles. The topological polar surface area (TPSA) is 40.0 Å². The Kier molecular flexibility index (Phi) is 4.93. The minimum Gasteiger partial charge on any atom is -0.497 e. The smallest absolute Gasteiger partial charge is 0.131 e. The Bertz CT molecular complexity index is 697. The summed E-state index contributed by atoms with van der Waals surface area (Å²) in [5.41, 5.74) is 3.54. The van der Waals surface area contributed by atoms with Gasteiger partial charge in [-0.15, -0.1) is 0 Å². The summed E-state index contributed by atoms with van der Waals surface area (Å²) in [6.07, 6.45) is 2.84. The molecule has 120 valence electrons. The van der Waals surface area contributed by atoms with Gasteiger partial charge in [0.2, 0.25) is 0 Å². The van der Waals surface area contributed by atoms with Gasteiger partial charge in [-0.05, 0) is 29.7 Å². The summed E-state index contributed by atoms with van der Waals surface area (Å²) < 4.78 is 16.5. The maximum Gasteiger partial charge on any atom is 0.131 e. The molecular formula is C19H21NO3. The van der Waals surface area contributed by atoms with E-state index in [9.17, 15) is 0 Å². The normalized spacial score (nSPS) is 17.0. The van der Waals surface area contributed by atoms with Crippen LogP contribution in [0.4, 0.5) is 0 Å². The first-order chi connectivity index (χ1) is 11.3. The molecular weight excluding hydrogens is 290 g/mol. The van der Waals surface area contributed by atoms with Gasteiger partial charge in [0, 0.05) is 17.8 Å². The number of aliphatic imine (C=N–C) groups is 1. The van der Waals surface area contributed by atoms with Crippen molar-refractivity contribution in [1.29, 1.82) is 0 Å². The van der Waals surface area contributed by atoms with Crippen molar-refractivity contribution in [2.24, 2.45) is 4.99 Å². The standard InChI is InChI=1S/C19H21NO3/c1-21-16-8-7-15(18(11-16)22-2)12-20-13-19-17-6-4-3-5-14(17)9-10-23-19/h3-8,11-12,19H,9-10,13H2,1-2H3/t19-/m0/s1. The first-order valence-electron chi connectivity index (χ1n) is 7.73. The molecule has 2 aromatic rings. The molecule has 3 rings (SSSR count). The fourth-order valence-corrected chi connectivity index (χ4v) is 2.80. The summed E-state index contributed by atoms with van der Waals surface area (Å²) in [6, 6.07) is 14.1. The Morgan fingerprint density at radius 3 is 2.87 bits per heavy atom. The van der Waals surface area contributed by atoms with Gasteiger partial charge in [0.25, 0.3) is 0 Å². The molecule has 0 N–H and O–H groups in total. The Hall–Kier alpha value is -2.33. The molecule has 0 fully saturated rings. The van der Waals surface area contributed by atoms with E-state index in [1.807, 2.05) is 24.4 Å². The Morgan fingerprint density at radius 2 is 2.04 bits per heavy atom. The maximum atomic E-state index is 5.87. The zero-order valence-corrected chi connectivity index (χ0v) is 13.5. The number of methoxy groups -OCH3 is 2. The van der Waals surface area contributed by atoms with E-state index in [2.05, 4.69) is 29.3 Å². The minimum absolute atomic E-state index is 0.0282. The molecule has 1 aliphatic heterocycles. The van der Waals surface area contributed by atoms with Crippen LogP contribution in [0.2, 0.25) is 0 Å². The van der Waals surface area contributed by atoms with E-state index >= 15 is 0 Å². The van der Waals surface area contributed by atoms with E-state index in [-0.39, 0.29) is 6.10 Å². The number of hydrogen-bond donors (Lipinski definition) is 0. The summed E-state index contributed by atoms with van der Waals surface area (Å²) in [7, 11) is 3.28. The van der Waals surface area contributed by atoms with Gasteiger partial charge in [-0.1, -0.05) is 24.3 Å². The number of benzene rings is 2. The summed E-state index contributed by atoms with van der Waals surface area (Å²) >= 11 is 0. The molecule has 0 bridgehead atoms. The van der Waals surface area contributed by atoms with Gasteiger partial charge >= 0.3 is 0 Å². The monoisotopic (exact) mass is 311 g/mol. The van der Waals surface area contributed by atoms with Crippen molar-refractivity contribution >= 4 is 6.21 Å². The van der Waals surface area contributed by atoms with Gasteiger partial charge in [-0.2, -0.15) is 0 Å². The zero-order chi connectivity index (χ0) is 16.1. The van der Waals surface area contributed by atoms with Crippen molar-refractivity contribution in [1.82, 2.24) is 0 Å². The van der Waals surface area contributed by atoms with Crippen LogP contribution in [-0.2, 0) is 11.2 Å². The number of ether oxygens (including phenoxy) is 3. The lowest BCUT2D eigenvalue weighted by Gasteiger charge is -2.24. The van der Waals surface area contributed by atoms with Gasteiger partial charge < -0.3 is 14.2 Å². The van der Waals surface area contributed by atoms with E-state index in [1.165, 1.54) is 11.1 Å². The summed E-state index contributed by atoms with van der Waals surface area (Å²) in [6.45, 7) is 1.36. The maximum absolute atomic E-state index is 5.87. The van der Waals surface area contributed by atoms with Crippen LogP contribution in [0.5, 0.6) is 11.5 Å². The van der Waals surface area contributed by atoms with Crippen molar-refractivity contribution in [3.05, 3.63) is 59.2 Å². The second-order valence-corrected chi connectivity index (χ2v) is 5.41. The third-order valence-electron chi connectivity index (χ3n) is 4.03. The fraction of sp³-hybridized carbons (Fsp3) is 0.316. The van der Waals surface area contributed by atoms with Crippen molar-refractivity contribution in [2.75, 3.05) is 27.4 Å². The summed E-state index contributed by atoms with van der Waals surface area (Å²) in [5, 5.41) is 0. The average Bonchev–Trinajstić information content (AvgIpc) is 2.62. The van der Waals surface area contributed by atoms with Crippen LogP contribution < -0.4 is 9.47 Å². The predicted octanol–water partition coefficient (Wildman–Crippen LogP) is 3.44. The van der Waals surface area contributed by atoms with Gasteiger partial charge in [0.05, 0.1) is 27.4 Å². The van der Waals surface area contributed by atoms with Crippen molar-refractivity contribution in [3.8, 4) is 11.5 Å². The van der Waals surface area contributed by atoms with Crippen LogP contribution in [0, 0.1) is 0 Å². The summed E-state index contributed by atoms with van der Waals surface area (Å²) in [4.78, 5) is 4.56. The molecule has 0 amide bonds. The van der Waals surface area contributed by atoms with Crippen LogP contribution in [-0.4, -0.2) is 33.6 Å². The lowest BCUT2D eigenvalue weighted by atomic mass is 9.98. The highest BCUT2D eigenvalue weighted by Gasteiger charge is 2.19. The molecule has 2 aromatic carbocycles. The molecule has 23 heavy (non-hydrogen) atoms. The lowest BCUT2D eigenvalue weighted by Crippen LogP contribution is -2.18. The largest absolute Gasteiger partial charge is 0.497 e. The molecule has 4 heteroatoms. The minimum atomic E-state index is 0.0282. The highest BCUT2D eigenvalue weighted by atomic mass is 16.5. The molecule has 1 heterocycles. The third kappa shape index (κ3) is 3.54. The second kappa shape index (κ2) is 7.29. The molecule has 0 radical (unpaired) electrons. The average molecular weight is 311 g/mol. The first-order valence-corrected chi connectivity index (χ1v) is 7.73. The molecule has 4 nitrogen and oxygen atoms in total. The number of nitrogens with zero attached hydrogens (tertiary/aromatic N) is 1. The predicted molar refractivity (Wildman–Crippen MR) is 90.8 cm³/mol. The van der Waals surface area contributed by atoms with Gasteiger partial charge in [-0.3, -0.25) is 4.99 Å². The van der Waals surface area contributed by atoms with E-state index in [1.54, 1.807) is 14.2 Å². The number of rotatable bonds is 5. The molecule has 0 aromatic heterocycles. The van der Waals surface area contributed by atoms with Gasteiger partial charge in [0.1, 0.15) is 17.6 Å². The zero-order valence-electron chi connectivity index (χ0n) is 13.5. The molecule has 0 spiro atoms. The second-order valence-electron chi connectivity index (χ2n) is 5.41. The molecule has 0 saturated heterocycles. The van der Waals surface area contributed by atoms with Crippen molar-refractivity contribution < 1.29 is 14.2 Å². The fourth-order valence-electron chi connectivity index (χ4n) is 2.80.